The van der Waals surface area contributed by atoms with Gasteiger partial charge in [0.25, 0.3) is 0 Å². The van der Waals surface area contributed by atoms with Crippen molar-refractivity contribution in [1.82, 2.24) is 0 Å². The summed E-state index contributed by atoms with van der Waals surface area (Å²) in [5.74, 6) is -0.507. The molecule has 1 aromatic heterocycles. The van der Waals surface area contributed by atoms with E-state index in [-0.39, 0.29) is 11.9 Å². The zero-order valence-corrected chi connectivity index (χ0v) is 16.9. The van der Waals surface area contributed by atoms with Gasteiger partial charge in [0.2, 0.25) is 5.91 Å². The van der Waals surface area contributed by atoms with Crippen molar-refractivity contribution in [1.29, 1.82) is 0 Å². The lowest BCUT2D eigenvalue weighted by molar-refractivity contribution is -0.116. The maximum Gasteiger partial charge on any atom is 0.341 e. The Morgan fingerprint density at radius 3 is 2.78 bits per heavy atom. The molecule has 0 bridgehead atoms. The van der Waals surface area contributed by atoms with Crippen LogP contribution in [-0.2, 0) is 22.4 Å². The van der Waals surface area contributed by atoms with E-state index in [0.717, 1.165) is 42.5 Å². The van der Waals surface area contributed by atoms with Gasteiger partial charge in [0, 0.05) is 10.6 Å². The summed E-state index contributed by atoms with van der Waals surface area (Å²) in [7, 11) is 0. The molecule has 1 aliphatic rings. The van der Waals surface area contributed by atoms with Crippen LogP contribution >= 0.6 is 11.3 Å². The summed E-state index contributed by atoms with van der Waals surface area (Å²) in [5.41, 5.74) is 3.63. The van der Waals surface area contributed by atoms with Crippen LogP contribution < -0.4 is 10.6 Å². The number of nitrogens with one attached hydrogen (secondary N) is 2. The standard InChI is InChI=1S/C21H26N2O3S/c1-4-26-21(25)18-16-10-5-6-11-17(16)27-20(18)23-19(24)14(3)22-15-9-7-8-13(2)12-15/h7-9,12,14,22H,4-6,10-11H2,1-3H3,(H,23,24). The van der Waals surface area contributed by atoms with Crippen LogP contribution in [0, 0.1) is 6.92 Å². The number of benzene rings is 1. The number of carbonyl (C=O) groups excluding carboxylic acids is 2. The molecule has 2 N–H and O–H groups in total. The van der Waals surface area contributed by atoms with E-state index in [1.54, 1.807) is 6.92 Å². The Kier molecular flexibility index (Phi) is 6.16. The highest BCUT2D eigenvalue weighted by atomic mass is 32.1. The molecule has 0 radical (unpaired) electrons. The molecule has 0 saturated heterocycles. The van der Waals surface area contributed by atoms with Gasteiger partial charge in [-0.15, -0.1) is 11.3 Å². The molecule has 27 heavy (non-hydrogen) atoms. The third-order valence-electron chi connectivity index (χ3n) is 4.68. The van der Waals surface area contributed by atoms with Gasteiger partial charge in [-0.25, -0.2) is 4.79 Å². The summed E-state index contributed by atoms with van der Waals surface area (Å²) in [4.78, 5) is 26.4. The summed E-state index contributed by atoms with van der Waals surface area (Å²) in [5, 5.41) is 6.79. The largest absolute Gasteiger partial charge is 0.462 e. The van der Waals surface area contributed by atoms with Gasteiger partial charge in [-0.1, -0.05) is 12.1 Å². The minimum atomic E-state index is -0.430. The van der Waals surface area contributed by atoms with Crippen molar-refractivity contribution in [2.45, 2.75) is 52.5 Å². The normalized spacial score (nSPS) is 14.2. The molecular weight excluding hydrogens is 360 g/mol. The van der Waals surface area contributed by atoms with Gasteiger partial charge < -0.3 is 15.4 Å². The Hall–Kier alpha value is -2.34. The summed E-state index contributed by atoms with van der Waals surface area (Å²) >= 11 is 1.51. The van der Waals surface area contributed by atoms with Crippen LogP contribution in [-0.4, -0.2) is 24.5 Å². The topological polar surface area (TPSA) is 67.4 Å². The van der Waals surface area contributed by atoms with Crippen molar-refractivity contribution in [2.75, 3.05) is 17.2 Å². The predicted molar refractivity (Wildman–Crippen MR) is 110 cm³/mol. The first-order valence-electron chi connectivity index (χ1n) is 9.45. The molecule has 1 heterocycles. The van der Waals surface area contributed by atoms with Crippen LogP contribution in [0.3, 0.4) is 0 Å². The molecule has 1 unspecified atom stereocenters. The Bertz CT molecular complexity index is 844. The second-order valence-corrected chi connectivity index (χ2v) is 7.97. The fourth-order valence-corrected chi connectivity index (χ4v) is 4.62. The third-order valence-corrected chi connectivity index (χ3v) is 5.89. The molecule has 2 aromatic rings. The third kappa shape index (κ3) is 4.50. The average molecular weight is 387 g/mol. The monoisotopic (exact) mass is 386 g/mol. The van der Waals surface area contributed by atoms with Gasteiger partial charge in [-0.05, 0) is 69.7 Å². The molecule has 1 aliphatic carbocycles. The molecule has 1 aromatic carbocycles. The van der Waals surface area contributed by atoms with Gasteiger partial charge in [0.15, 0.2) is 0 Å². The number of rotatable bonds is 6. The van der Waals surface area contributed by atoms with Crippen LogP contribution in [0.5, 0.6) is 0 Å². The van der Waals surface area contributed by atoms with E-state index in [2.05, 4.69) is 10.6 Å². The number of amides is 1. The fraction of sp³-hybridized carbons (Fsp3) is 0.429. The minimum absolute atomic E-state index is 0.166. The second kappa shape index (κ2) is 8.57. The maximum atomic E-state index is 12.7. The first-order valence-corrected chi connectivity index (χ1v) is 10.3. The summed E-state index contributed by atoms with van der Waals surface area (Å²) in [6.07, 6.45) is 4.01. The Morgan fingerprint density at radius 2 is 2.04 bits per heavy atom. The van der Waals surface area contributed by atoms with E-state index >= 15 is 0 Å². The highest BCUT2D eigenvalue weighted by Gasteiger charge is 2.28. The maximum absolute atomic E-state index is 12.7. The molecule has 0 aliphatic heterocycles. The predicted octanol–water partition coefficient (Wildman–Crippen LogP) is 4.55. The molecule has 1 atom stereocenters. The van der Waals surface area contributed by atoms with Gasteiger partial charge in [-0.2, -0.15) is 0 Å². The minimum Gasteiger partial charge on any atom is -0.462 e. The van der Waals surface area contributed by atoms with Crippen molar-refractivity contribution >= 4 is 33.9 Å². The highest BCUT2D eigenvalue weighted by Crippen LogP contribution is 2.38. The lowest BCUT2D eigenvalue weighted by atomic mass is 9.95. The molecule has 1 amide bonds. The molecule has 0 saturated carbocycles. The Balaban J connectivity index is 1.78. The molecule has 0 spiro atoms. The first kappa shape index (κ1) is 19.4. The molecule has 6 heteroatoms. The van der Waals surface area contributed by atoms with Crippen LogP contribution in [0.1, 0.15) is 53.1 Å². The van der Waals surface area contributed by atoms with E-state index in [1.807, 2.05) is 38.1 Å². The number of carbonyl (C=O) groups is 2. The zero-order valence-electron chi connectivity index (χ0n) is 16.1. The van der Waals surface area contributed by atoms with Crippen molar-refractivity contribution in [2.24, 2.45) is 0 Å². The Labute approximate surface area is 164 Å². The van der Waals surface area contributed by atoms with Crippen molar-refractivity contribution in [3.63, 3.8) is 0 Å². The van der Waals surface area contributed by atoms with Gasteiger partial charge in [0.1, 0.15) is 11.0 Å². The highest BCUT2D eigenvalue weighted by molar-refractivity contribution is 7.17. The molecule has 3 rings (SSSR count). The quantitative estimate of drug-likeness (QED) is 0.715. The molecule has 0 fully saturated rings. The second-order valence-electron chi connectivity index (χ2n) is 6.86. The van der Waals surface area contributed by atoms with Gasteiger partial charge >= 0.3 is 5.97 Å². The van der Waals surface area contributed by atoms with Crippen molar-refractivity contribution in [3.8, 4) is 0 Å². The van der Waals surface area contributed by atoms with Crippen molar-refractivity contribution < 1.29 is 14.3 Å². The zero-order chi connectivity index (χ0) is 19.4. The SMILES string of the molecule is CCOC(=O)c1c(NC(=O)C(C)Nc2cccc(C)c2)sc2c1CCCC2. The van der Waals surface area contributed by atoms with E-state index in [9.17, 15) is 9.59 Å². The van der Waals surface area contributed by atoms with Crippen LogP contribution in [0.25, 0.3) is 0 Å². The van der Waals surface area contributed by atoms with Crippen LogP contribution in [0.4, 0.5) is 10.7 Å². The van der Waals surface area contributed by atoms with Crippen molar-refractivity contribution in [3.05, 3.63) is 45.8 Å². The lowest BCUT2D eigenvalue weighted by Gasteiger charge is -2.16. The number of hydrogen-bond donors (Lipinski definition) is 2. The fourth-order valence-electron chi connectivity index (χ4n) is 3.34. The molecular formula is C21H26N2O3S. The summed E-state index contributed by atoms with van der Waals surface area (Å²) in [6.45, 7) is 5.94. The van der Waals surface area contributed by atoms with E-state index in [0.29, 0.717) is 17.2 Å². The van der Waals surface area contributed by atoms with Crippen LogP contribution in [0.2, 0.25) is 0 Å². The average Bonchev–Trinajstić information content (AvgIpc) is 2.99. The van der Waals surface area contributed by atoms with Crippen LogP contribution in [0.15, 0.2) is 24.3 Å². The van der Waals surface area contributed by atoms with E-state index < -0.39 is 6.04 Å². The smallest absolute Gasteiger partial charge is 0.341 e. The van der Waals surface area contributed by atoms with Gasteiger partial charge in [-0.3, -0.25) is 4.79 Å². The van der Waals surface area contributed by atoms with E-state index in [4.69, 9.17) is 4.74 Å². The number of esters is 1. The number of aryl methyl sites for hydroxylation is 2. The summed E-state index contributed by atoms with van der Waals surface area (Å²) < 4.78 is 5.24. The van der Waals surface area contributed by atoms with E-state index in [1.165, 1.54) is 16.2 Å². The molecule has 5 nitrogen and oxygen atoms in total. The number of anilines is 2. The summed E-state index contributed by atoms with van der Waals surface area (Å²) in [6, 6.07) is 7.47. The number of hydrogen-bond acceptors (Lipinski definition) is 5. The first-order chi connectivity index (χ1) is 13.0. The van der Waals surface area contributed by atoms with Gasteiger partial charge in [0.05, 0.1) is 12.2 Å². The lowest BCUT2D eigenvalue weighted by Crippen LogP contribution is -2.32. The molecule has 144 valence electrons. The number of ether oxygens (including phenoxy) is 1. The number of fused-ring (bicyclic) bond motifs is 1. The Morgan fingerprint density at radius 1 is 1.26 bits per heavy atom. The number of thiophene rings is 1.